The molecule has 3 heteroatoms. The molecule has 0 aliphatic rings. The number of para-hydroxylation sites is 1. The Labute approximate surface area is 95.2 Å². The number of pyridine rings is 1. The fraction of sp³-hybridized carbons (Fsp3) is 0.308. The number of nitrogens with two attached hydrogens (primary N) is 1. The molecule has 84 valence electrons. The Morgan fingerprint density at radius 1 is 1.25 bits per heavy atom. The van der Waals surface area contributed by atoms with Crippen LogP contribution in [-0.4, -0.2) is 4.98 Å². The molecule has 0 radical (unpaired) electrons. The first-order valence-electron chi connectivity index (χ1n) is 5.29. The van der Waals surface area contributed by atoms with Crippen LogP contribution in [0.25, 0.3) is 10.9 Å². The van der Waals surface area contributed by atoms with E-state index in [-0.39, 0.29) is 0 Å². The van der Waals surface area contributed by atoms with E-state index in [1.54, 1.807) is 0 Å². The van der Waals surface area contributed by atoms with Gasteiger partial charge in [0.1, 0.15) is 5.60 Å². The summed E-state index contributed by atoms with van der Waals surface area (Å²) < 4.78 is 0. The van der Waals surface area contributed by atoms with Gasteiger partial charge in [0.05, 0.1) is 5.52 Å². The number of benzene rings is 1. The van der Waals surface area contributed by atoms with Gasteiger partial charge in [-0.2, -0.15) is 0 Å². The van der Waals surface area contributed by atoms with Gasteiger partial charge in [-0.3, -0.25) is 9.82 Å². The Morgan fingerprint density at radius 2 is 1.94 bits per heavy atom. The van der Waals surface area contributed by atoms with E-state index in [9.17, 15) is 0 Å². The van der Waals surface area contributed by atoms with Gasteiger partial charge < -0.3 is 0 Å². The third kappa shape index (κ3) is 1.79. The highest BCUT2D eigenvalue weighted by Crippen LogP contribution is 2.29. The summed E-state index contributed by atoms with van der Waals surface area (Å²) in [7, 11) is 0. The first-order chi connectivity index (χ1) is 7.54. The molecule has 2 rings (SSSR count). The number of aryl methyl sites for hydroxylation is 1. The fourth-order valence-electron chi connectivity index (χ4n) is 1.87. The van der Waals surface area contributed by atoms with Gasteiger partial charge in [-0.25, -0.2) is 5.90 Å². The van der Waals surface area contributed by atoms with Crippen LogP contribution in [-0.2, 0) is 10.4 Å². The zero-order valence-electron chi connectivity index (χ0n) is 9.82. The molecule has 0 bridgehead atoms. The number of aromatic nitrogens is 1. The molecule has 0 aliphatic heterocycles. The molecule has 1 heterocycles. The normalized spacial score (nSPS) is 12.0. The van der Waals surface area contributed by atoms with Gasteiger partial charge in [-0.05, 0) is 38.5 Å². The summed E-state index contributed by atoms with van der Waals surface area (Å²) >= 11 is 0. The van der Waals surface area contributed by atoms with Crippen LogP contribution in [0.2, 0.25) is 0 Å². The number of nitrogens with zero attached hydrogens (tertiary/aromatic N) is 1. The zero-order valence-corrected chi connectivity index (χ0v) is 9.82. The predicted molar refractivity (Wildman–Crippen MR) is 64.8 cm³/mol. The lowest BCUT2D eigenvalue weighted by Crippen LogP contribution is -2.25. The van der Waals surface area contributed by atoms with Crippen LogP contribution in [0.5, 0.6) is 0 Å². The van der Waals surface area contributed by atoms with E-state index in [1.807, 2.05) is 51.1 Å². The highest BCUT2D eigenvalue weighted by atomic mass is 16.6. The molecule has 0 spiro atoms. The summed E-state index contributed by atoms with van der Waals surface area (Å²) in [5.74, 6) is 5.36. The van der Waals surface area contributed by atoms with E-state index < -0.39 is 5.60 Å². The Morgan fingerprint density at radius 3 is 2.62 bits per heavy atom. The third-order valence-corrected chi connectivity index (χ3v) is 2.79. The minimum absolute atomic E-state index is 0.507. The lowest BCUT2D eigenvalue weighted by atomic mass is 9.94. The van der Waals surface area contributed by atoms with Gasteiger partial charge in [0.2, 0.25) is 0 Å². The maximum absolute atomic E-state index is 5.36. The molecular weight excluding hydrogens is 200 g/mol. The number of rotatable bonds is 2. The van der Waals surface area contributed by atoms with E-state index in [2.05, 4.69) is 4.98 Å². The second-order valence-electron chi connectivity index (χ2n) is 4.46. The Balaban J connectivity index is 2.77. The lowest BCUT2D eigenvalue weighted by Gasteiger charge is -2.24. The zero-order chi connectivity index (χ0) is 11.8. The van der Waals surface area contributed by atoms with Gasteiger partial charge in [-0.15, -0.1) is 0 Å². The maximum atomic E-state index is 5.36. The number of fused-ring (bicyclic) bond motifs is 1. The van der Waals surface area contributed by atoms with E-state index >= 15 is 0 Å². The quantitative estimate of drug-likeness (QED) is 0.785. The fourth-order valence-corrected chi connectivity index (χ4v) is 1.87. The van der Waals surface area contributed by atoms with Crippen LogP contribution < -0.4 is 5.90 Å². The van der Waals surface area contributed by atoms with Crippen molar-refractivity contribution in [2.45, 2.75) is 26.4 Å². The largest absolute Gasteiger partial charge is 0.294 e. The van der Waals surface area contributed by atoms with E-state index in [1.165, 1.54) is 0 Å². The smallest absolute Gasteiger partial charge is 0.109 e. The van der Waals surface area contributed by atoms with Crippen molar-refractivity contribution in [3.05, 3.63) is 41.6 Å². The second kappa shape index (κ2) is 3.85. The molecule has 0 aliphatic carbocycles. The molecule has 1 aromatic heterocycles. The van der Waals surface area contributed by atoms with Crippen molar-refractivity contribution in [1.29, 1.82) is 0 Å². The molecule has 0 amide bonds. The highest BCUT2D eigenvalue weighted by Gasteiger charge is 2.23. The molecule has 3 nitrogen and oxygen atoms in total. The topological polar surface area (TPSA) is 48.1 Å². The van der Waals surface area contributed by atoms with Crippen LogP contribution in [0.1, 0.15) is 25.1 Å². The summed E-state index contributed by atoms with van der Waals surface area (Å²) in [6.07, 6.45) is 0. The van der Waals surface area contributed by atoms with Gasteiger partial charge in [0, 0.05) is 11.1 Å². The first kappa shape index (κ1) is 11.0. The molecule has 2 N–H and O–H groups in total. The van der Waals surface area contributed by atoms with Crippen LogP contribution in [0, 0.1) is 6.92 Å². The standard InChI is InChI=1S/C13H16N2O/c1-9-8-11(13(2,3)16-14)10-6-4-5-7-12(10)15-9/h4-8H,14H2,1-3H3. The van der Waals surface area contributed by atoms with Gasteiger partial charge >= 0.3 is 0 Å². The van der Waals surface area contributed by atoms with Crippen molar-refractivity contribution in [1.82, 2.24) is 4.98 Å². The molecule has 1 aromatic carbocycles. The molecule has 0 fully saturated rings. The summed E-state index contributed by atoms with van der Waals surface area (Å²) in [5, 5.41) is 1.09. The lowest BCUT2D eigenvalue weighted by molar-refractivity contribution is -0.0225. The van der Waals surface area contributed by atoms with Crippen molar-refractivity contribution < 1.29 is 4.84 Å². The van der Waals surface area contributed by atoms with Gasteiger partial charge in [0.25, 0.3) is 0 Å². The van der Waals surface area contributed by atoms with Crippen molar-refractivity contribution in [3.8, 4) is 0 Å². The van der Waals surface area contributed by atoms with E-state index in [4.69, 9.17) is 10.7 Å². The summed E-state index contributed by atoms with van der Waals surface area (Å²) in [5.41, 5.74) is 2.51. The molecule has 0 unspecified atom stereocenters. The molecule has 0 saturated carbocycles. The molecule has 0 atom stereocenters. The van der Waals surface area contributed by atoms with Crippen molar-refractivity contribution >= 4 is 10.9 Å². The number of hydrogen-bond donors (Lipinski definition) is 1. The summed E-state index contributed by atoms with van der Waals surface area (Å²) in [6.45, 7) is 5.88. The number of hydrogen-bond acceptors (Lipinski definition) is 3. The maximum Gasteiger partial charge on any atom is 0.109 e. The third-order valence-electron chi connectivity index (χ3n) is 2.79. The molecule has 2 aromatic rings. The molecule has 0 saturated heterocycles. The molecular formula is C13H16N2O. The minimum Gasteiger partial charge on any atom is -0.294 e. The highest BCUT2D eigenvalue weighted by molar-refractivity contribution is 5.83. The Bertz CT molecular complexity index is 520. The van der Waals surface area contributed by atoms with Crippen molar-refractivity contribution in [3.63, 3.8) is 0 Å². The van der Waals surface area contributed by atoms with Crippen LogP contribution in [0.4, 0.5) is 0 Å². The monoisotopic (exact) mass is 216 g/mol. The average Bonchev–Trinajstić information content (AvgIpc) is 2.28. The average molecular weight is 216 g/mol. The summed E-state index contributed by atoms with van der Waals surface area (Å²) in [4.78, 5) is 9.55. The Kier molecular flexibility index (Phi) is 2.66. The molecule has 16 heavy (non-hydrogen) atoms. The SMILES string of the molecule is Cc1cc(C(C)(C)ON)c2ccccc2n1. The van der Waals surface area contributed by atoms with Crippen molar-refractivity contribution in [2.75, 3.05) is 0 Å². The first-order valence-corrected chi connectivity index (χ1v) is 5.29. The second-order valence-corrected chi connectivity index (χ2v) is 4.46. The predicted octanol–water partition coefficient (Wildman–Crippen LogP) is 2.67. The van der Waals surface area contributed by atoms with Crippen LogP contribution in [0.15, 0.2) is 30.3 Å². The summed E-state index contributed by atoms with van der Waals surface area (Å²) in [6, 6.07) is 10.0. The van der Waals surface area contributed by atoms with Crippen molar-refractivity contribution in [2.24, 2.45) is 5.90 Å². The van der Waals surface area contributed by atoms with E-state index in [0.717, 1.165) is 22.2 Å². The minimum atomic E-state index is -0.507. The van der Waals surface area contributed by atoms with Gasteiger partial charge in [0.15, 0.2) is 0 Å². The van der Waals surface area contributed by atoms with Crippen LogP contribution in [0.3, 0.4) is 0 Å². The van der Waals surface area contributed by atoms with Gasteiger partial charge in [-0.1, -0.05) is 18.2 Å². The Hall–Kier alpha value is -1.45. The van der Waals surface area contributed by atoms with Crippen LogP contribution >= 0.6 is 0 Å². The van der Waals surface area contributed by atoms with E-state index in [0.29, 0.717) is 0 Å².